The Morgan fingerprint density at radius 1 is 1.29 bits per heavy atom. The molecule has 0 saturated heterocycles. The molecule has 0 aliphatic heterocycles. The first-order valence-electron chi connectivity index (χ1n) is 7.90. The van der Waals surface area contributed by atoms with E-state index in [-0.39, 0.29) is 5.91 Å². The van der Waals surface area contributed by atoms with Gasteiger partial charge in [0.05, 0.1) is 11.3 Å². The first-order chi connectivity index (χ1) is 11.6. The van der Waals surface area contributed by atoms with E-state index in [0.717, 1.165) is 29.6 Å². The highest BCUT2D eigenvalue weighted by Crippen LogP contribution is 2.21. The van der Waals surface area contributed by atoms with Crippen molar-refractivity contribution in [1.29, 1.82) is 5.26 Å². The van der Waals surface area contributed by atoms with Crippen molar-refractivity contribution in [2.45, 2.75) is 26.8 Å². The Morgan fingerprint density at radius 3 is 2.83 bits per heavy atom. The second-order valence-electron chi connectivity index (χ2n) is 5.68. The van der Waals surface area contributed by atoms with Gasteiger partial charge in [-0.05, 0) is 49.7 Å². The molecule has 0 unspecified atom stereocenters. The summed E-state index contributed by atoms with van der Waals surface area (Å²) in [6.45, 7) is 4.84. The number of rotatable bonds is 4. The molecule has 3 rings (SSSR count). The molecule has 2 heterocycles. The average Bonchev–Trinajstić information content (AvgIpc) is 2.97. The minimum absolute atomic E-state index is 0.282. The number of pyridine rings is 1. The van der Waals surface area contributed by atoms with Crippen molar-refractivity contribution in [1.82, 2.24) is 9.55 Å². The summed E-state index contributed by atoms with van der Waals surface area (Å²) in [5.74, 6) is -0.282. The van der Waals surface area contributed by atoms with Crippen LogP contribution in [0.3, 0.4) is 0 Å². The summed E-state index contributed by atoms with van der Waals surface area (Å²) in [7, 11) is 0. The SMILES string of the molecule is CCCn1ccc2cc(NC(=O)c3ccc(C#N)c(C)n3)ccc21. The van der Waals surface area contributed by atoms with Crippen molar-refractivity contribution in [3.8, 4) is 6.07 Å². The van der Waals surface area contributed by atoms with Gasteiger partial charge in [0, 0.05) is 29.3 Å². The predicted molar refractivity (Wildman–Crippen MR) is 93.9 cm³/mol. The number of carbonyl (C=O) groups is 1. The highest BCUT2D eigenvalue weighted by atomic mass is 16.1. The van der Waals surface area contributed by atoms with E-state index in [2.05, 4.69) is 28.0 Å². The molecule has 120 valence electrons. The van der Waals surface area contributed by atoms with Crippen molar-refractivity contribution in [2.75, 3.05) is 5.32 Å². The quantitative estimate of drug-likeness (QED) is 0.793. The highest BCUT2D eigenvalue weighted by Gasteiger charge is 2.10. The molecule has 0 spiro atoms. The van der Waals surface area contributed by atoms with Crippen LogP contribution in [-0.4, -0.2) is 15.5 Å². The third-order valence-corrected chi connectivity index (χ3v) is 3.93. The fourth-order valence-corrected chi connectivity index (χ4v) is 2.71. The van der Waals surface area contributed by atoms with Gasteiger partial charge in [-0.15, -0.1) is 0 Å². The van der Waals surface area contributed by atoms with E-state index in [4.69, 9.17) is 5.26 Å². The molecule has 0 atom stereocenters. The van der Waals surface area contributed by atoms with Gasteiger partial charge in [-0.1, -0.05) is 6.92 Å². The molecule has 0 radical (unpaired) electrons. The molecule has 0 saturated carbocycles. The number of aromatic nitrogens is 2. The Kier molecular flexibility index (Phi) is 4.30. The van der Waals surface area contributed by atoms with Crippen molar-refractivity contribution < 1.29 is 4.79 Å². The number of nitrogens with zero attached hydrogens (tertiary/aromatic N) is 3. The van der Waals surface area contributed by atoms with Gasteiger partial charge in [0.25, 0.3) is 5.91 Å². The zero-order valence-electron chi connectivity index (χ0n) is 13.7. The zero-order chi connectivity index (χ0) is 17.1. The van der Waals surface area contributed by atoms with Crippen LogP contribution >= 0.6 is 0 Å². The molecule has 24 heavy (non-hydrogen) atoms. The topological polar surface area (TPSA) is 70.7 Å². The molecule has 0 fully saturated rings. The number of anilines is 1. The van der Waals surface area contributed by atoms with E-state index in [1.807, 2.05) is 30.3 Å². The number of amides is 1. The molecule has 3 aromatic rings. The fourth-order valence-electron chi connectivity index (χ4n) is 2.71. The van der Waals surface area contributed by atoms with Gasteiger partial charge in [0.1, 0.15) is 11.8 Å². The summed E-state index contributed by atoms with van der Waals surface area (Å²) >= 11 is 0. The lowest BCUT2D eigenvalue weighted by Crippen LogP contribution is -2.14. The Labute approximate surface area is 140 Å². The summed E-state index contributed by atoms with van der Waals surface area (Å²) in [4.78, 5) is 16.5. The van der Waals surface area contributed by atoms with Crippen LogP contribution in [0.1, 0.15) is 35.1 Å². The van der Waals surface area contributed by atoms with Crippen LogP contribution in [0.4, 0.5) is 5.69 Å². The van der Waals surface area contributed by atoms with E-state index >= 15 is 0 Å². The maximum absolute atomic E-state index is 12.3. The number of nitriles is 1. The standard InChI is InChI=1S/C19H18N4O/c1-3-9-23-10-8-14-11-16(5-7-18(14)23)22-19(24)17-6-4-15(12-20)13(2)21-17/h4-8,10-11H,3,9H2,1-2H3,(H,22,24). The van der Waals surface area contributed by atoms with Crippen molar-refractivity contribution in [2.24, 2.45) is 0 Å². The van der Waals surface area contributed by atoms with Gasteiger partial charge in [0.2, 0.25) is 0 Å². The Hall–Kier alpha value is -3.13. The Bertz CT molecular complexity index is 950. The molecule has 2 aromatic heterocycles. The summed E-state index contributed by atoms with van der Waals surface area (Å²) < 4.78 is 2.20. The van der Waals surface area contributed by atoms with Gasteiger partial charge in [-0.2, -0.15) is 5.26 Å². The second kappa shape index (κ2) is 6.55. The fraction of sp³-hybridized carbons (Fsp3) is 0.211. The minimum Gasteiger partial charge on any atom is -0.347 e. The molecule has 0 aliphatic rings. The van der Waals surface area contributed by atoms with E-state index in [9.17, 15) is 4.79 Å². The number of nitrogens with one attached hydrogen (secondary N) is 1. The first-order valence-corrected chi connectivity index (χ1v) is 7.90. The van der Waals surface area contributed by atoms with Crippen LogP contribution in [0, 0.1) is 18.3 Å². The lowest BCUT2D eigenvalue weighted by Gasteiger charge is -2.07. The van der Waals surface area contributed by atoms with Crippen LogP contribution in [-0.2, 0) is 6.54 Å². The van der Waals surface area contributed by atoms with Crippen LogP contribution in [0.15, 0.2) is 42.6 Å². The van der Waals surface area contributed by atoms with Crippen LogP contribution < -0.4 is 5.32 Å². The predicted octanol–water partition coefficient (Wildman–Crippen LogP) is 3.88. The number of aryl methyl sites for hydroxylation is 2. The van der Waals surface area contributed by atoms with E-state index in [1.165, 1.54) is 0 Å². The molecule has 1 aromatic carbocycles. The van der Waals surface area contributed by atoms with Crippen molar-refractivity contribution >= 4 is 22.5 Å². The van der Waals surface area contributed by atoms with Gasteiger partial charge >= 0.3 is 0 Å². The smallest absolute Gasteiger partial charge is 0.274 e. The summed E-state index contributed by atoms with van der Waals surface area (Å²) in [5, 5.41) is 12.9. The number of benzene rings is 1. The van der Waals surface area contributed by atoms with Crippen molar-refractivity contribution in [3.63, 3.8) is 0 Å². The lowest BCUT2D eigenvalue weighted by atomic mass is 10.2. The van der Waals surface area contributed by atoms with Crippen molar-refractivity contribution in [3.05, 3.63) is 59.5 Å². The van der Waals surface area contributed by atoms with Crippen LogP contribution in [0.5, 0.6) is 0 Å². The molecule has 1 amide bonds. The van der Waals surface area contributed by atoms with Crippen LogP contribution in [0.2, 0.25) is 0 Å². The Morgan fingerprint density at radius 2 is 2.12 bits per heavy atom. The van der Waals surface area contributed by atoms with Gasteiger partial charge < -0.3 is 9.88 Å². The van der Waals surface area contributed by atoms with E-state index < -0.39 is 0 Å². The second-order valence-corrected chi connectivity index (χ2v) is 5.68. The normalized spacial score (nSPS) is 10.5. The molecule has 5 heteroatoms. The number of hydrogen-bond acceptors (Lipinski definition) is 3. The first kappa shape index (κ1) is 15.8. The maximum Gasteiger partial charge on any atom is 0.274 e. The van der Waals surface area contributed by atoms with Gasteiger partial charge in [-0.25, -0.2) is 4.98 Å². The Balaban J connectivity index is 1.83. The van der Waals surface area contributed by atoms with Gasteiger partial charge in [-0.3, -0.25) is 4.79 Å². The molecular weight excluding hydrogens is 300 g/mol. The largest absolute Gasteiger partial charge is 0.347 e. The molecule has 1 N–H and O–H groups in total. The highest BCUT2D eigenvalue weighted by molar-refractivity contribution is 6.03. The number of fused-ring (bicyclic) bond motifs is 1. The summed E-state index contributed by atoms with van der Waals surface area (Å²) in [6.07, 6.45) is 3.14. The van der Waals surface area contributed by atoms with E-state index in [1.54, 1.807) is 19.1 Å². The third-order valence-electron chi connectivity index (χ3n) is 3.93. The van der Waals surface area contributed by atoms with Gasteiger partial charge in [0.15, 0.2) is 0 Å². The molecule has 0 bridgehead atoms. The molecule has 5 nitrogen and oxygen atoms in total. The minimum atomic E-state index is -0.282. The molecule has 0 aliphatic carbocycles. The van der Waals surface area contributed by atoms with Crippen LogP contribution in [0.25, 0.3) is 10.9 Å². The molecular formula is C19H18N4O. The zero-order valence-corrected chi connectivity index (χ0v) is 13.7. The van der Waals surface area contributed by atoms with E-state index in [0.29, 0.717) is 17.0 Å². The maximum atomic E-state index is 12.3. The summed E-state index contributed by atoms with van der Waals surface area (Å²) in [6, 6.07) is 13.1. The number of hydrogen-bond donors (Lipinski definition) is 1. The lowest BCUT2D eigenvalue weighted by molar-refractivity contribution is 0.102. The third kappa shape index (κ3) is 2.99. The summed E-state index contributed by atoms with van der Waals surface area (Å²) in [5.41, 5.74) is 3.21. The monoisotopic (exact) mass is 318 g/mol. The average molecular weight is 318 g/mol. The number of carbonyl (C=O) groups excluding carboxylic acids is 1.